The Labute approximate surface area is 323 Å². The molecule has 2 saturated heterocycles. The standard InChI is InChI=1S/C41H47N3O10S/c1-20-32(36(48)42-34-37(49)44-35(39(50)51)40(2,3)55-38(34)44)33(43-54-20)21-5-9-24(10-6-21)52-30(46)15-16-31(47)53-29-14-13-28-27-11-7-22-19-23(45)8-12-25(22)26(27)17-18-41(28,29)4/h5-6,9-10,19,25-29,34-35,38H,7-8,11-18H2,1-4H3,(H,42,48)(H,50,51). The highest BCUT2D eigenvalue weighted by Gasteiger charge is 2.64. The van der Waals surface area contributed by atoms with Crippen LogP contribution in [0.25, 0.3) is 11.3 Å². The topological polar surface area (TPSA) is 182 Å². The van der Waals surface area contributed by atoms with Crippen molar-refractivity contribution in [2.24, 2.45) is 29.1 Å². The number of carbonyl (C=O) groups is 6. The molecule has 5 fully saturated rings. The molecule has 0 bridgehead atoms. The summed E-state index contributed by atoms with van der Waals surface area (Å²) in [5.74, 6) is -0.137. The minimum absolute atomic E-state index is 0.0820. The van der Waals surface area contributed by atoms with Gasteiger partial charge >= 0.3 is 17.9 Å². The summed E-state index contributed by atoms with van der Waals surface area (Å²) in [6.07, 6.45) is 9.19. The Balaban J connectivity index is 0.831. The van der Waals surface area contributed by atoms with Gasteiger partial charge in [-0.05, 0) is 120 Å². The number of nitrogens with one attached hydrogen (secondary N) is 1. The molecule has 13 nitrogen and oxygen atoms in total. The first-order valence-corrected chi connectivity index (χ1v) is 20.3. The van der Waals surface area contributed by atoms with Gasteiger partial charge in [0.15, 0.2) is 5.78 Å². The smallest absolute Gasteiger partial charge is 0.327 e. The molecule has 2 aliphatic heterocycles. The van der Waals surface area contributed by atoms with E-state index in [0.717, 1.165) is 44.9 Å². The molecule has 3 heterocycles. The molecule has 0 radical (unpaired) electrons. The van der Waals surface area contributed by atoms with Gasteiger partial charge in [0.1, 0.15) is 46.3 Å². The molecule has 0 spiro atoms. The number of thioether (sulfide) groups is 1. The van der Waals surface area contributed by atoms with Gasteiger partial charge < -0.3 is 29.3 Å². The fourth-order valence-corrected chi connectivity index (χ4v) is 12.4. The number of amides is 2. The maximum atomic E-state index is 13.5. The number of hydrogen-bond donors (Lipinski definition) is 2. The molecule has 8 rings (SSSR count). The number of esters is 2. The minimum atomic E-state index is -1.09. The van der Waals surface area contributed by atoms with Crippen LogP contribution in [0.5, 0.6) is 5.75 Å². The van der Waals surface area contributed by atoms with E-state index in [1.165, 1.54) is 22.2 Å². The second-order valence-electron chi connectivity index (χ2n) is 16.9. The van der Waals surface area contributed by atoms with E-state index in [1.54, 1.807) is 45.0 Å². The van der Waals surface area contributed by atoms with Gasteiger partial charge in [0.2, 0.25) is 5.91 Å². The van der Waals surface area contributed by atoms with E-state index in [9.17, 15) is 33.9 Å². The van der Waals surface area contributed by atoms with E-state index in [1.807, 2.05) is 6.08 Å². The third-order valence-corrected chi connectivity index (χ3v) is 15.0. The molecule has 3 saturated carbocycles. The number of ether oxygens (including phenoxy) is 2. The first-order chi connectivity index (χ1) is 26.2. The van der Waals surface area contributed by atoms with Crippen molar-refractivity contribution in [3.05, 3.63) is 47.2 Å². The molecule has 2 N–H and O–H groups in total. The number of allylic oxidation sites excluding steroid dienone is 1. The third-order valence-electron chi connectivity index (χ3n) is 13.4. The fraction of sp³-hybridized carbons (Fsp3) is 0.585. The zero-order valence-corrected chi connectivity index (χ0v) is 32.3. The lowest BCUT2D eigenvalue weighted by Crippen LogP contribution is -2.70. The van der Waals surface area contributed by atoms with Gasteiger partial charge in [-0.25, -0.2) is 4.79 Å². The van der Waals surface area contributed by atoms with Gasteiger partial charge in [-0.15, -0.1) is 11.8 Å². The lowest BCUT2D eigenvalue weighted by molar-refractivity contribution is -0.160. The van der Waals surface area contributed by atoms with E-state index in [2.05, 4.69) is 17.4 Å². The number of carbonyl (C=O) groups excluding carboxylic acids is 5. The number of fused-ring (bicyclic) bond motifs is 6. The molecule has 9 atom stereocenters. The summed E-state index contributed by atoms with van der Waals surface area (Å²) < 4.78 is 16.2. The third kappa shape index (κ3) is 6.47. The number of aliphatic carboxylic acids is 1. The molecular weight excluding hydrogens is 727 g/mol. The Morgan fingerprint density at radius 2 is 1.73 bits per heavy atom. The largest absolute Gasteiger partial charge is 0.480 e. The number of nitrogens with zero attached hydrogens (tertiary/aromatic N) is 2. The summed E-state index contributed by atoms with van der Waals surface area (Å²) in [7, 11) is 0. The maximum absolute atomic E-state index is 13.5. The van der Waals surface area contributed by atoms with Crippen LogP contribution in [0.2, 0.25) is 0 Å². The number of carboxylic acids is 1. The fourth-order valence-electron chi connectivity index (χ4n) is 10.8. The number of hydrogen-bond acceptors (Lipinski definition) is 11. The molecule has 55 heavy (non-hydrogen) atoms. The molecule has 292 valence electrons. The first kappa shape index (κ1) is 37.5. The number of aromatic nitrogens is 1. The number of β-lactam (4-membered cyclic amide) rings is 1. The SMILES string of the molecule is Cc1onc(-c2ccc(OC(=O)CCC(=O)OC3CCC4C5CCC6=CC(=O)CCC6C5CCC34C)cc2)c1C(=O)NC1C(=O)N2C1SC(C)(C)C2C(=O)O. The van der Waals surface area contributed by atoms with Crippen molar-refractivity contribution < 1.29 is 47.9 Å². The zero-order chi connectivity index (χ0) is 39.0. The predicted molar refractivity (Wildman–Crippen MR) is 198 cm³/mol. The monoisotopic (exact) mass is 773 g/mol. The Hall–Kier alpha value is -4.46. The minimum Gasteiger partial charge on any atom is -0.480 e. The molecular formula is C41H47N3O10S. The summed E-state index contributed by atoms with van der Waals surface area (Å²) in [4.78, 5) is 77.4. The van der Waals surface area contributed by atoms with Crippen LogP contribution in [0.3, 0.4) is 0 Å². The number of carboxylic acid groups (broad SMARTS) is 1. The van der Waals surface area contributed by atoms with Crippen LogP contribution in [0.15, 0.2) is 40.4 Å². The average molecular weight is 774 g/mol. The van der Waals surface area contributed by atoms with Crippen LogP contribution in [0.1, 0.15) is 101 Å². The summed E-state index contributed by atoms with van der Waals surface area (Å²) >= 11 is 1.33. The van der Waals surface area contributed by atoms with Crippen LogP contribution in [-0.2, 0) is 28.7 Å². The number of benzene rings is 1. The van der Waals surface area contributed by atoms with Gasteiger partial charge in [-0.2, -0.15) is 0 Å². The predicted octanol–water partition coefficient (Wildman–Crippen LogP) is 5.63. The highest BCUT2D eigenvalue weighted by atomic mass is 32.2. The molecule has 2 amide bonds. The van der Waals surface area contributed by atoms with Gasteiger partial charge in [-0.3, -0.25) is 24.0 Å². The summed E-state index contributed by atoms with van der Waals surface area (Å²) in [6.45, 7) is 7.38. The van der Waals surface area contributed by atoms with Crippen molar-refractivity contribution in [2.75, 3.05) is 0 Å². The highest BCUT2D eigenvalue weighted by molar-refractivity contribution is 8.01. The number of aryl methyl sites for hydroxylation is 1. The second-order valence-corrected chi connectivity index (χ2v) is 18.7. The van der Waals surface area contributed by atoms with Gasteiger partial charge in [0.25, 0.3) is 5.91 Å². The first-order valence-electron chi connectivity index (χ1n) is 19.4. The lowest BCUT2D eigenvalue weighted by Gasteiger charge is -2.53. The van der Waals surface area contributed by atoms with Crippen LogP contribution in [0, 0.1) is 36.0 Å². The Morgan fingerprint density at radius 1 is 0.982 bits per heavy atom. The lowest BCUT2D eigenvalue weighted by atomic mass is 9.52. The van der Waals surface area contributed by atoms with E-state index in [4.69, 9.17) is 14.0 Å². The molecule has 4 aliphatic carbocycles. The summed E-state index contributed by atoms with van der Waals surface area (Å²) in [6, 6.07) is 4.47. The Kier molecular flexibility index (Phi) is 9.49. The average Bonchev–Trinajstić information content (AvgIpc) is 3.78. The molecule has 9 unspecified atom stereocenters. The Bertz CT molecular complexity index is 1990. The highest BCUT2D eigenvalue weighted by Crippen LogP contribution is 2.62. The second kappa shape index (κ2) is 13.9. The normalized spacial score (nSPS) is 32.9. The molecule has 1 aromatic carbocycles. The number of ketones is 1. The van der Waals surface area contributed by atoms with Gasteiger partial charge in [0.05, 0.1) is 12.8 Å². The molecule has 2 aromatic rings. The van der Waals surface area contributed by atoms with E-state index < -0.39 is 51.9 Å². The van der Waals surface area contributed by atoms with Crippen LogP contribution in [0.4, 0.5) is 0 Å². The van der Waals surface area contributed by atoms with Crippen molar-refractivity contribution in [3.63, 3.8) is 0 Å². The van der Waals surface area contributed by atoms with Crippen molar-refractivity contribution in [2.45, 2.75) is 120 Å². The number of rotatable bonds is 9. The maximum Gasteiger partial charge on any atom is 0.327 e. The van der Waals surface area contributed by atoms with Crippen molar-refractivity contribution in [3.8, 4) is 17.0 Å². The van der Waals surface area contributed by atoms with Gasteiger partial charge in [-0.1, -0.05) is 17.7 Å². The van der Waals surface area contributed by atoms with E-state index in [-0.39, 0.29) is 52.9 Å². The van der Waals surface area contributed by atoms with Crippen molar-refractivity contribution in [1.82, 2.24) is 15.4 Å². The van der Waals surface area contributed by atoms with Crippen molar-refractivity contribution in [1.29, 1.82) is 0 Å². The van der Waals surface area contributed by atoms with Crippen LogP contribution in [-0.4, -0.2) is 79.0 Å². The Morgan fingerprint density at radius 3 is 2.47 bits per heavy atom. The quantitative estimate of drug-likeness (QED) is 0.182. The van der Waals surface area contributed by atoms with Gasteiger partial charge in [0, 0.05) is 22.1 Å². The van der Waals surface area contributed by atoms with E-state index >= 15 is 0 Å². The summed E-state index contributed by atoms with van der Waals surface area (Å²) in [5.41, 5.74) is 2.15. The van der Waals surface area contributed by atoms with Crippen molar-refractivity contribution >= 4 is 47.3 Å². The van der Waals surface area contributed by atoms with Crippen LogP contribution >= 0.6 is 11.8 Å². The molecule has 1 aromatic heterocycles. The molecule has 6 aliphatic rings. The van der Waals surface area contributed by atoms with E-state index in [0.29, 0.717) is 35.7 Å². The van der Waals surface area contributed by atoms with Crippen LogP contribution < -0.4 is 10.1 Å². The zero-order valence-electron chi connectivity index (χ0n) is 31.5. The molecule has 14 heteroatoms. The summed E-state index contributed by atoms with van der Waals surface area (Å²) in [5, 5.41) is 16.0.